The van der Waals surface area contributed by atoms with E-state index in [4.69, 9.17) is 27.9 Å². The Labute approximate surface area is 179 Å². The zero-order valence-electron chi connectivity index (χ0n) is 15.4. The van der Waals surface area contributed by atoms with Gasteiger partial charge in [-0.2, -0.15) is 9.78 Å². The van der Waals surface area contributed by atoms with Gasteiger partial charge in [-0.05, 0) is 46.3 Å². The molecule has 30 heavy (non-hydrogen) atoms. The standard InChI is InChI=1S/C19H13Cl2N7O2/c1-30-11-4-2-3-9(7-11)17-14-15(12-6-5-10(20)8-13(12)21)23-24-18(29)16(14)22-19-25-26-27-28(17)19/h2-8,17H,1H3,(H,24,29)(H,22,25,27)/t17-/m1/s1. The summed E-state index contributed by atoms with van der Waals surface area (Å²) in [4.78, 5) is 12.7. The average molecular weight is 442 g/mol. The molecule has 5 rings (SSSR count). The predicted molar refractivity (Wildman–Crippen MR) is 112 cm³/mol. The van der Waals surface area contributed by atoms with E-state index in [1.807, 2.05) is 24.3 Å². The minimum absolute atomic E-state index is 0.293. The maximum Gasteiger partial charge on any atom is 0.288 e. The van der Waals surface area contributed by atoms with Crippen molar-refractivity contribution in [3.63, 3.8) is 0 Å². The van der Waals surface area contributed by atoms with E-state index in [2.05, 4.69) is 31.0 Å². The summed E-state index contributed by atoms with van der Waals surface area (Å²) in [6.07, 6.45) is 0. The second kappa shape index (κ2) is 7.12. The SMILES string of the molecule is COc1cccc([C@@H]2c3c(-c4ccc(Cl)cc4Cl)n[nH]c(=O)c3Nc3nnnn32)c1. The van der Waals surface area contributed by atoms with Crippen LogP contribution in [0, 0.1) is 0 Å². The lowest BCUT2D eigenvalue weighted by molar-refractivity contribution is 0.413. The number of hydrogen-bond donors (Lipinski definition) is 2. The molecular weight excluding hydrogens is 429 g/mol. The number of nitrogens with zero attached hydrogens (tertiary/aromatic N) is 5. The molecule has 0 amide bonds. The molecule has 0 spiro atoms. The minimum atomic E-state index is -0.544. The third-order valence-corrected chi connectivity index (χ3v) is 5.41. The molecule has 0 aliphatic carbocycles. The predicted octanol–water partition coefficient (Wildman–Crippen LogP) is 3.43. The minimum Gasteiger partial charge on any atom is -0.497 e. The van der Waals surface area contributed by atoms with Crippen LogP contribution < -0.4 is 15.6 Å². The smallest absolute Gasteiger partial charge is 0.288 e. The number of aromatic nitrogens is 6. The van der Waals surface area contributed by atoms with Gasteiger partial charge in [-0.25, -0.2) is 5.10 Å². The Balaban J connectivity index is 1.83. The van der Waals surface area contributed by atoms with Crippen LogP contribution in [-0.2, 0) is 0 Å². The second-order valence-electron chi connectivity index (χ2n) is 6.57. The fourth-order valence-corrected chi connectivity index (χ4v) is 4.04. The molecule has 1 aliphatic rings. The molecule has 2 aromatic heterocycles. The number of methoxy groups -OCH3 is 1. The van der Waals surface area contributed by atoms with Crippen LogP contribution in [0.1, 0.15) is 17.2 Å². The molecule has 0 bridgehead atoms. The highest BCUT2D eigenvalue weighted by Gasteiger charge is 2.34. The summed E-state index contributed by atoms with van der Waals surface area (Å²) in [6, 6.07) is 12.0. The average Bonchev–Trinajstić information content (AvgIpc) is 3.22. The third-order valence-electron chi connectivity index (χ3n) is 4.86. The van der Waals surface area contributed by atoms with Crippen molar-refractivity contribution in [3.8, 4) is 17.0 Å². The van der Waals surface area contributed by atoms with E-state index in [1.54, 1.807) is 30.0 Å². The van der Waals surface area contributed by atoms with Gasteiger partial charge in [0.2, 0.25) is 5.95 Å². The Hall–Kier alpha value is -3.43. The van der Waals surface area contributed by atoms with Gasteiger partial charge in [0.15, 0.2) is 0 Å². The summed E-state index contributed by atoms with van der Waals surface area (Å²) in [6.45, 7) is 0. The Morgan fingerprint density at radius 2 is 2.03 bits per heavy atom. The van der Waals surface area contributed by atoms with Crippen molar-refractivity contribution in [2.24, 2.45) is 0 Å². The first-order valence-corrected chi connectivity index (χ1v) is 9.59. The molecule has 11 heteroatoms. The maximum absolute atomic E-state index is 12.7. The van der Waals surface area contributed by atoms with Gasteiger partial charge < -0.3 is 10.1 Å². The summed E-state index contributed by atoms with van der Waals surface area (Å²) in [5.74, 6) is 0.992. The van der Waals surface area contributed by atoms with Crippen LogP contribution in [0.4, 0.5) is 11.6 Å². The second-order valence-corrected chi connectivity index (χ2v) is 7.41. The number of anilines is 2. The molecule has 0 radical (unpaired) electrons. The number of fused-ring (bicyclic) bond motifs is 2. The molecule has 2 aromatic carbocycles. The van der Waals surface area contributed by atoms with Crippen LogP contribution in [0.3, 0.4) is 0 Å². The third kappa shape index (κ3) is 2.90. The van der Waals surface area contributed by atoms with Gasteiger partial charge in [0.25, 0.3) is 5.56 Å². The first-order valence-electron chi connectivity index (χ1n) is 8.83. The van der Waals surface area contributed by atoms with Gasteiger partial charge in [-0.1, -0.05) is 40.4 Å². The van der Waals surface area contributed by atoms with Crippen LogP contribution >= 0.6 is 23.2 Å². The molecule has 1 atom stereocenters. The molecule has 0 unspecified atom stereocenters. The molecule has 0 fully saturated rings. The number of H-pyrrole nitrogens is 1. The number of hydrogen-bond acceptors (Lipinski definition) is 7. The number of nitrogens with one attached hydrogen (secondary N) is 2. The van der Waals surface area contributed by atoms with E-state index < -0.39 is 11.6 Å². The number of benzene rings is 2. The highest BCUT2D eigenvalue weighted by Crippen LogP contribution is 2.43. The van der Waals surface area contributed by atoms with Crippen LogP contribution in [-0.4, -0.2) is 37.5 Å². The highest BCUT2D eigenvalue weighted by atomic mass is 35.5. The van der Waals surface area contributed by atoms with E-state index in [1.165, 1.54) is 0 Å². The summed E-state index contributed by atoms with van der Waals surface area (Å²) in [5.41, 5.74) is 2.37. The van der Waals surface area contributed by atoms with E-state index in [0.717, 1.165) is 5.56 Å². The Bertz CT molecular complexity index is 1330. The lowest BCUT2D eigenvalue weighted by Crippen LogP contribution is -2.29. The summed E-state index contributed by atoms with van der Waals surface area (Å²) < 4.78 is 6.97. The van der Waals surface area contributed by atoms with Crippen LogP contribution in [0.2, 0.25) is 10.0 Å². The highest BCUT2D eigenvalue weighted by molar-refractivity contribution is 6.36. The van der Waals surface area contributed by atoms with E-state index >= 15 is 0 Å². The van der Waals surface area contributed by atoms with Gasteiger partial charge in [0, 0.05) is 16.1 Å². The Kier molecular flexibility index (Phi) is 4.41. The Morgan fingerprint density at radius 1 is 1.17 bits per heavy atom. The lowest BCUT2D eigenvalue weighted by atomic mass is 9.92. The molecule has 0 saturated carbocycles. The molecule has 9 nitrogen and oxygen atoms in total. The van der Waals surface area contributed by atoms with E-state index in [9.17, 15) is 4.79 Å². The van der Waals surface area contributed by atoms with Crippen molar-refractivity contribution in [1.29, 1.82) is 0 Å². The van der Waals surface area contributed by atoms with Crippen LogP contribution in [0.25, 0.3) is 11.3 Å². The first kappa shape index (κ1) is 18.6. The lowest BCUT2D eigenvalue weighted by Gasteiger charge is -2.28. The van der Waals surface area contributed by atoms with Crippen molar-refractivity contribution < 1.29 is 4.74 Å². The Morgan fingerprint density at radius 3 is 2.83 bits per heavy atom. The molecule has 4 aromatic rings. The summed E-state index contributed by atoms with van der Waals surface area (Å²) >= 11 is 12.5. The van der Waals surface area contributed by atoms with Crippen LogP contribution in [0.5, 0.6) is 5.75 Å². The van der Waals surface area contributed by atoms with Crippen molar-refractivity contribution in [3.05, 3.63) is 74.0 Å². The van der Waals surface area contributed by atoms with Gasteiger partial charge >= 0.3 is 0 Å². The summed E-state index contributed by atoms with van der Waals surface area (Å²) in [7, 11) is 1.59. The van der Waals surface area contributed by atoms with Crippen molar-refractivity contribution >= 4 is 34.8 Å². The van der Waals surface area contributed by atoms with Crippen LogP contribution in [0.15, 0.2) is 47.3 Å². The van der Waals surface area contributed by atoms with Gasteiger partial charge in [-0.15, -0.1) is 0 Å². The maximum atomic E-state index is 12.7. The van der Waals surface area contributed by atoms with E-state index in [0.29, 0.717) is 44.3 Å². The fraction of sp³-hybridized carbons (Fsp3) is 0.105. The number of ether oxygens (including phenoxy) is 1. The quantitative estimate of drug-likeness (QED) is 0.441. The normalized spacial score (nSPS) is 14.6. The number of rotatable bonds is 3. The topological polar surface area (TPSA) is 111 Å². The molecule has 150 valence electrons. The number of halogens is 2. The van der Waals surface area contributed by atoms with Gasteiger partial charge in [-0.3, -0.25) is 4.79 Å². The van der Waals surface area contributed by atoms with Crippen molar-refractivity contribution in [2.45, 2.75) is 6.04 Å². The molecule has 0 saturated heterocycles. The number of tetrazole rings is 1. The van der Waals surface area contributed by atoms with E-state index in [-0.39, 0.29) is 0 Å². The fourth-order valence-electron chi connectivity index (χ4n) is 3.54. The van der Waals surface area contributed by atoms with Crippen molar-refractivity contribution in [2.75, 3.05) is 12.4 Å². The number of aromatic amines is 1. The zero-order chi connectivity index (χ0) is 20.8. The summed E-state index contributed by atoms with van der Waals surface area (Å²) in [5, 5.41) is 22.6. The van der Waals surface area contributed by atoms with Gasteiger partial charge in [0.1, 0.15) is 23.2 Å². The largest absolute Gasteiger partial charge is 0.497 e. The van der Waals surface area contributed by atoms with Crippen molar-refractivity contribution in [1.82, 2.24) is 30.4 Å². The molecule has 2 N–H and O–H groups in total. The monoisotopic (exact) mass is 441 g/mol. The molecule has 1 aliphatic heterocycles. The van der Waals surface area contributed by atoms with Gasteiger partial charge in [0.05, 0.1) is 12.1 Å². The molecular formula is C19H13Cl2N7O2. The zero-order valence-corrected chi connectivity index (χ0v) is 16.9. The molecule has 3 heterocycles. The first-order chi connectivity index (χ1) is 14.6.